The zero-order valence-corrected chi connectivity index (χ0v) is 11.5. The summed E-state index contributed by atoms with van der Waals surface area (Å²) < 4.78 is 2.29. The molecule has 0 spiro atoms. The third kappa shape index (κ3) is 2.02. The van der Waals surface area contributed by atoms with Crippen LogP contribution in [0.5, 0.6) is 0 Å². The SMILES string of the molecule is Cc1nn(C2CCCS2)c(C)c1C1CCNC1. The van der Waals surface area contributed by atoms with E-state index in [0.29, 0.717) is 11.3 Å². The molecule has 2 aliphatic heterocycles. The Morgan fingerprint density at radius 2 is 2.24 bits per heavy atom. The molecule has 17 heavy (non-hydrogen) atoms. The zero-order chi connectivity index (χ0) is 11.8. The molecule has 4 heteroatoms. The van der Waals surface area contributed by atoms with Gasteiger partial charge in [0.05, 0.1) is 11.1 Å². The quantitative estimate of drug-likeness (QED) is 0.876. The average molecular weight is 251 g/mol. The molecule has 2 fully saturated rings. The fraction of sp³-hybridized carbons (Fsp3) is 0.769. The molecule has 2 atom stereocenters. The second-order valence-electron chi connectivity index (χ2n) is 5.19. The lowest BCUT2D eigenvalue weighted by Gasteiger charge is -2.13. The van der Waals surface area contributed by atoms with E-state index in [1.54, 1.807) is 0 Å². The summed E-state index contributed by atoms with van der Waals surface area (Å²) in [5.74, 6) is 1.98. The molecule has 0 saturated carbocycles. The zero-order valence-electron chi connectivity index (χ0n) is 10.7. The van der Waals surface area contributed by atoms with Crippen molar-refractivity contribution in [3.05, 3.63) is 17.0 Å². The van der Waals surface area contributed by atoms with Gasteiger partial charge in [-0.05, 0) is 45.4 Å². The molecule has 1 N–H and O–H groups in total. The first-order chi connectivity index (χ1) is 8.27. The van der Waals surface area contributed by atoms with E-state index in [4.69, 9.17) is 5.10 Å². The van der Waals surface area contributed by atoms with E-state index in [1.165, 1.54) is 42.0 Å². The van der Waals surface area contributed by atoms with E-state index in [9.17, 15) is 0 Å². The van der Waals surface area contributed by atoms with Crippen LogP contribution in [0.2, 0.25) is 0 Å². The van der Waals surface area contributed by atoms with Crippen LogP contribution in [0.3, 0.4) is 0 Å². The van der Waals surface area contributed by atoms with Gasteiger partial charge in [0.25, 0.3) is 0 Å². The smallest absolute Gasteiger partial charge is 0.0974 e. The third-order valence-corrected chi connectivity index (χ3v) is 5.37. The third-order valence-electron chi connectivity index (χ3n) is 4.03. The van der Waals surface area contributed by atoms with Gasteiger partial charge in [-0.1, -0.05) is 0 Å². The summed E-state index contributed by atoms with van der Waals surface area (Å²) in [7, 11) is 0. The summed E-state index contributed by atoms with van der Waals surface area (Å²) >= 11 is 2.06. The lowest BCUT2D eigenvalue weighted by molar-refractivity contribution is 0.559. The minimum Gasteiger partial charge on any atom is -0.316 e. The van der Waals surface area contributed by atoms with E-state index in [1.807, 2.05) is 0 Å². The van der Waals surface area contributed by atoms with Gasteiger partial charge in [0, 0.05) is 23.7 Å². The Bertz CT molecular complexity index is 401. The van der Waals surface area contributed by atoms with Crippen molar-refractivity contribution in [3.8, 4) is 0 Å². The second kappa shape index (κ2) is 4.65. The Hall–Kier alpha value is -0.480. The number of aromatic nitrogens is 2. The van der Waals surface area contributed by atoms with Gasteiger partial charge in [0.2, 0.25) is 0 Å². The second-order valence-corrected chi connectivity index (χ2v) is 6.47. The monoisotopic (exact) mass is 251 g/mol. The summed E-state index contributed by atoms with van der Waals surface area (Å²) in [5, 5.41) is 8.86. The van der Waals surface area contributed by atoms with Gasteiger partial charge in [0.1, 0.15) is 0 Å². The normalized spacial score (nSPS) is 29.1. The van der Waals surface area contributed by atoms with Crippen molar-refractivity contribution in [1.82, 2.24) is 15.1 Å². The van der Waals surface area contributed by atoms with Crippen molar-refractivity contribution in [2.75, 3.05) is 18.8 Å². The number of rotatable bonds is 2. The molecule has 3 nitrogen and oxygen atoms in total. The number of thioether (sulfide) groups is 1. The highest BCUT2D eigenvalue weighted by atomic mass is 32.2. The summed E-state index contributed by atoms with van der Waals surface area (Å²) in [6, 6.07) is 0. The first-order valence-corrected chi connectivity index (χ1v) is 7.70. The topological polar surface area (TPSA) is 29.9 Å². The Morgan fingerprint density at radius 1 is 1.35 bits per heavy atom. The molecule has 2 aliphatic rings. The Kier molecular flexibility index (Phi) is 3.17. The van der Waals surface area contributed by atoms with Gasteiger partial charge in [-0.15, -0.1) is 11.8 Å². The van der Waals surface area contributed by atoms with Crippen LogP contribution < -0.4 is 5.32 Å². The molecule has 94 valence electrons. The maximum atomic E-state index is 4.80. The first-order valence-electron chi connectivity index (χ1n) is 6.65. The van der Waals surface area contributed by atoms with Crippen LogP contribution in [0, 0.1) is 13.8 Å². The van der Waals surface area contributed by atoms with Gasteiger partial charge >= 0.3 is 0 Å². The van der Waals surface area contributed by atoms with E-state index in [2.05, 4.69) is 35.6 Å². The van der Waals surface area contributed by atoms with Crippen molar-refractivity contribution in [3.63, 3.8) is 0 Å². The van der Waals surface area contributed by atoms with Gasteiger partial charge in [-0.2, -0.15) is 5.10 Å². The van der Waals surface area contributed by atoms with Crippen LogP contribution in [0.1, 0.15) is 47.5 Å². The van der Waals surface area contributed by atoms with E-state index in [-0.39, 0.29) is 0 Å². The Morgan fingerprint density at radius 3 is 2.88 bits per heavy atom. The highest BCUT2D eigenvalue weighted by molar-refractivity contribution is 7.99. The standard InChI is InChI=1S/C13H21N3S/c1-9-13(11-5-6-14-8-11)10(2)16(15-9)12-4-3-7-17-12/h11-12,14H,3-8H2,1-2H3. The van der Waals surface area contributed by atoms with E-state index in [0.717, 1.165) is 13.1 Å². The molecular formula is C13H21N3S. The number of hydrogen-bond acceptors (Lipinski definition) is 3. The van der Waals surface area contributed by atoms with E-state index < -0.39 is 0 Å². The van der Waals surface area contributed by atoms with Crippen LogP contribution in [-0.4, -0.2) is 28.6 Å². The highest BCUT2D eigenvalue weighted by Gasteiger charge is 2.27. The Balaban J connectivity index is 1.93. The fourth-order valence-electron chi connectivity index (χ4n) is 3.20. The maximum absolute atomic E-state index is 4.80. The first kappa shape index (κ1) is 11.6. The molecule has 2 saturated heterocycles. The minimum atomic E-state index is 0.594. The average Bonchev–Trinajstić information content (AvgIpc) is 2.99. The summed E-state index contributed by atoms with van der Waals surface area (Å²) in [5.41, 5.74) is 4.18. The fourth-order valence-corrected chi connectivity index (χ4v) is 4.49. The maximum Gasteiger partial charge on any atom is 0.0974 e. The molecule has 3 rings (SSSR count). The highest BCUT2D eigenvalue weighted by Crippen LogP contribution is 2.38. The summed E-state index contributed by atoms with van der Waals surface area (Å²) in [6.07, 6.45) is 3.90. The molecule has 0 aliphatic carbocycles. The van der Waals surface area contributed by atoms with Crippen LogP contribution >= 0.6 is 11.8 Å². The number of hydrogen-bond donors (Lipinski definition) is 1. The van der Waals surface area contributed by atoms with Crippen LogP contribution in [0.25, 0.3) is 0 Å². The van der Waals surface area contributed by atoms with Crippen molar-refractivity contribution >= 4 is 11.8 Å². The minimum absolute atomic E-state index is 0.594. The molecule has 0 amide bonds. The van der Waals surface area contributed by atoms with Crippen molar-refractivity contribution in [1.29, 1.82) is 0 Å². The number of nitrogens with one attached hydrogen (secondary N) is 1. The van der Waals surface area contributed by atoms with Crippen molar-refractivity contribution < 1.29 is 0 Å². The molecular weight excluding hydrogens is 230 g/mol. The Labute approximate surface area is 107 Å². The predicted octanol–water partition coefficient (Wildman–Crippen LogP) is 2.60. The molecule has 0 bridgehead atoms. The summed E-state index contributed by atoms with van der Waals surface area (Å²) in [6.45, 7) is 6.72. The number of aryl methyl sites for hydroxylation is 1. The molecule has 2 unspecified atom stereocenters. The largest absolute Gasteiger partial charge is 0.316 e. The van der Waals surface area contributed by atoms with Crippen LogP contribution in [0.15, 0.2) is 0 Å². The predicted molar refractivity (Wildman–Crippen MR) is 72.7 cm³/mol. The lowest BCUT2D eigenvalue weighted by atomic mass is 9.96. The van der Waals surface area contributed by atoms with Gasteiger partial charge in [0.15, 0.2) is 0 Å². The molecule has 1 aromatic rings. The van der Waals surface area contributed by atoms with Crippen LogP contribution in [-0.2, 0) is 0 Å². The summed E-state index contributed by atoms with van der Waals surface area (Å²) in [4.78, 5) is 0. The van der Waals surface area contributed by atoms with Gasteiger partial charge in [-0.25, -0.2) is 0 Å². The van der Waals surface area contributed by atoms with Crippen LogP contribution in [0.4, 0.5) is 0 Å². The van der Waals surface area contributed by atoms with Gasteiger partial charge < -0.3 is 5.32 Å². The molecule has 3 heterocycles. The van der Waals surface area contributed by atoms with Crippen molar-refractivity contribution in [2.45, 2.75) is 44.4 Å². The molecule has 1 aromatic heterocycles. The van der Waals surface area contributed by atoms with Crippen molar-refractivity contribution in [2.24, 2.45) is 0 Å². The lowest BCUT2D eigenvalue weighted by Crippen LogP contribution is -2.10. The van der Waals surface area contributed by atoms with Gasteiger partial charge in [-0.3, -0.25) is 4.68 Å². The molecule has 0 aromatic carbocycles. The molecule has 0 radical (unpaired) electrons. The number of nitrogens with zero attached hydrogens (tertiary/aromatic N) is 2. The van der Waals surface area contributed by atoms with E-state index >= 15 is 0 Å².